The molecule has 1 rings (SSSR count). The molecule has 0 fully saturated rings. The Labute approximate surface area is 115 Å². The van der Waals surface area contributed by atoms with Gasteiger partial charge in [-0.25, -0.2) is 0 Å². The lowest BCUT2D eigenvalue weighted by atomic mass is 10.2. The summed E-state index contributed by atoms with van der Waals surface area (Å²) >= 11 is 0. The number of benzene rings is 1. The average Bonchev–Trinajstić information content (AvgIpc) is 2.37. The molecule has 4 nitrogen and oxygen atoms in total. The van der Waals surface area contributed by atoms with Crippen LogP contribution in [0.2, 0.25) is 0 Å². The minimum atomic E-state index is -0.780. The van der Waals surface area contributed by atoms with Crippen LogP contribution in [0.4, 0.5) is 5.69 Å². The van der Waals surface area contributed by atoms with E-state index in [2.05, 4.69) is 25.7 Å². The molecular weight excluding hydrogens is 242 g/mol. The van der Waals surface area contributed by atoms with E-state index in [1.165, 1.54) is 0 Å². The van der Waals surface area contributed by atoms with Gasteiger partial charge in [0.05, 0.1) is 18.7 Å². The fourth-order valence-electron chi connectivity index (χ4n) is 1.90. The zero-order chi connectivity index (χ0) is 14.3. The van der Waals surface area contributed by atoms with Gasteiger partial charge in [0, 0.05) is 12.6 Å². The molecule has 0 bridgehead atoms. The first kappa shape index (κ1) is 15.3. The van der Waals surface area contributed by atoms with Gasteiger partial charge in [0.2, 0.25) is 0 Å². The van der Waals surface area contributed by atoms with E-state index in [1.807, 2.05) is 24.3 Å². The predicted molar refractivity (Wildman–Crippen MR) is 77.0 cm³/mol. The van der Waals surface area contributed by atoms with Gasteiger partial charge >= 0.3 is 5.97 Å². The van der Waals surface area contributed by atoms with Crippen LogP contribution in [-0.4, -0.2) is 30.3 Å². The molecule has 0 radical (unpaired) electrons. The van der Waals surface area contributed by atoms with E-state index in [0.29, 0.717) is 13.2 Å². The fourth-order valence-corrected chi connectivity index (χ4v) is 1.90. The molecule has 0 unspecified atom stereocenters. The van der Waals surface area contributed by atoms with Crippen LogP contribution >= 0.6 is 0 Å². The first-order valence-corrected chi connectivity index (χ1v) is 6.76. The van der Waals surface area contributed by atoms with Crippen LogP contribution in [0.15, 0.2) is 24.3 Å². The topological polar surface area (TPSA) is 49.8 Å². The molecule has 0 atom stereocenters. The highest BCUT2D eigenvalue weighted by Gasteiger charge is 2.16. The molecule has 0 aliphatic heterocycles. The predicted octanol–water partition coefficient (Wildman–Crippen LogP) is 3.16. The zero-order valence-corrected chi connectivity index (χ0v) is 11.9. The molecule has 0 saturated carbocycles. The Morgan fingerprint density at radius 3 is 2.63 bits per heavy atom. The lowest BCUT2D eigenvalue weighted by Crippen LogP contribution is -2.33. The summed E-state index contributed by atoms with van der Waals surface area (Å²) in [6.45, 7) is 7.32. The third kappa shape index (κ3) is 4.81. The molecule has 0 saturated heterocycles. The average molecular weight is 265 g/mol. The lowest BCUT2D eigenvalue weighted by Gasteiger charge is -2.30. The quantitative estimate of drug-likeness (QED) is 0.784. The van der Waals surface area contributed by atoms with Crippen molar-refractivity contribution in [3.05, 3.63) is 24.3 Å². The first-order chi connectivity index (χ1) is 9.06. The molecule has 1 aromatic carbocycles. The highest BCUT2D eigenvalue weighted by Crippen LogP contribution is 2.29. The standard InChI is InChI=1S/C15H23NO3/c1-4-11-19-14-8-6-5-7-13(14)16(12(2)3)10-9-15(17)18/h5-8,12H,4,9-11H2,1-3H3,(H,17,18). The second-order valence-electron chi connectivity index (χ2n) is 4.75. The first-order valence-electron chi connectivity index (χ1n) is 6.76. The summed E-state index contributed by atoms with van der Waals surface area (Å²) in [6, 6.07) is 8.02. The Hall–Kier alpha value is -1.71. The lowest BCUT2D eigenvalue weighted by molar-refractivity contribution is -0.136. The smallest absolute Gasteiger partial charge is 0.305 e. The van der Waals surface area contributed by atoms with Gasteiger partial charge < -0.3 is 14.7 Å². The van der Waals surface area contributed by atoms with E-state index in [-0.39, 0.29) is 12.5 Å². The van der Waals surface area contributed by atoms with Gasteiger partial charge in [-0.3, -0.25) is 4.79 Å². The van der Waals surface area contributed by atoms with Crippen molar-refractivity contribution in [2.24, 2.45) is 0 Å². The zero-order valence-electron chi connectivity index (χ0n) is 11.9. The van der Waals surface area contributed by atoms with Crippen molar-refractivity contribution in [3.63, 3.8) is 0 Å². The van der Waals surface area contributed by atoms with Crippen LogP contribution in [0.5, 0.6) is 5.75 Å². The number of nitrogens with zero attached hydrogens (tertiary/aromatic N) is 1. The summed E-state index contributed by atoms with van der Waals surface area (Å²) in [6.07, 6.45) is 1.07. The molecule has 0 spiro atoms. The van der Waals surface area contributed by atoms with Crippen molar-refractivity contribution < 1.29 is 14.6 Å². The maximum Gasteiger partial charge on any atom is 0.305 e. The van der Waals surface area contributed by atoms with Crippen LogP contribution in [0, 0.1) is 0 Å². The van der Waals surface area contributed by atoms with Crippen LogP contribution in [-0.2, 0) is 4.79 Å². The summed E-state index contributed by atoms with van der Waals surface area (Å²) < 4.78 is 5.74. The van der Waals surface area contributed by atoms with Gasteiger partial charge in [-0.1, -0.05) is 19.1 Å². The normalized spacial score (nSPS) is 10.5. The number of carbonyl (C=O) groups is 1. The van der Waals surface area contributed by atoms with E-state index >= 15 is 0 Å². The molecule has 4 heteroatoms. The van der Waals surface area contributed by atoms with E-state index in [4.69, 9.17) is 9.84 Å². The van der Waals surface area contributed by atoms with Crippen LogP contribution in [0.1, 0.15) is 33.6 Å². The number of hydrogen-bond donors (Lipinski definition) is 1. The molecule has 19 heavy (non-hydrogen) atoms. The van der Waals surface area contributed by atoms with Crippen LogP contribution in [0.3, 0.4) is 0 Å². The fraction of sp³-hybridized carbons (Fsp3) is 0.533. The molecule has 106 valence electrons. The number of anilines is 1. The van der Waals surface area contributed by atoms with Gasteiger partial charge in [-0.2, -0.15) is 0 Å². The second kappa shape index (κ2) is 7.67. The van der Waals surface area contributed by atoms with Gasteiger partial charge in [-0.05, 0) is 32.4 Å². The van der Waals surface area contributed by atoms with Gasteiger partial charge in [-0.15, -0.1) is 0 Å². The number of carboxylic acid groups (broad SMARTS) is 1. The molecule has 0 aliphatic carbocycles. The van der Waals surface area contributed by atoms with Crippen molar-refractivity contribution >= 4 is 11.7 Å². The summed E-state index contributed by atoms with van der Waals surface area (Å²) in [7, 11) is 0. The number of ether oxygens (including phenoxy) is 1. The Morgan fingerprint density at radius 1 is 1.37 bits per heavy atom. The molecule has 0 amide bonds. The summed E-state index contributed by atoms with van der Waals surface area (Å²) in [5.41, 5.74) is 0.965. The van der Waals surface area contributed by atoms with Crippen molar-refractivity contribution in [1.82, 2.24) is 0 Å². The highest BCUT2D eigenvalue weighted by molar-refractivity contribution is 5.68. The van der Waals surface area contributed by atoms with E-state index in [9.17, 15) is 4.79 Å². The maximum absolute atomic E-state index is 10.8. The Morgan fingerprint density at radius 2 is 2.05 bits per heavy atom. The van der Waals surface area contributed by atoms with Gasteiger partial charge in [0.25, 0.3) is 0 Å². The largest absolute Gasteiger partial charge is 0.491 e. The monoisotopic (exact) mass is 265 g/mol. The van der Waals surface area contributed by atoms with Crippen molar-refractivity contribution in [2.45, 2.75) is 39.7 Å². The Bertz CT molecular complexity index is 404. The third-order valence-electron chi connectivity index (χ3n) is 2.83. The number of aliphatic carboxylic acids is 1. The molecule has 0 aliphatic rings. The van der Waals surface area contributed by atoms with Gasteiger partial charge in [0.15, 0.2) is 0 Å². The number of carboxylic acids is 1. The van der Waals surface area contributed by atoms with Crippen molar-refractivity contribution in [1.29, 1.82) is 0 Å². The number of hydrogen-bond acceptors (Lipinski definition) is 3. The SMILES string of the molecule is CCCOc1ccccc1N(CCC(=O)O)C(C)C. The van der Waals surface area contributed by atoms with E-state index < -0.39 is 5.97 Å². The molecule has 1 N–H and O–H groups in total. The summed E-state index contributed by atoms with van der Waals surface area (Å²) in [4.78, 5) is 12.8. The van der Waals surface area contributed by atoms with Gasteiger partial charge in [0.1, 0.15) is 5.75 Å². The van der Waals surface area contributed by atoms with Crippen molar-refractivity contribution in [3.8, 4) is 5.75 Å². The summed E-state index contributed by atoms with van der Waals surface area (Å²) in [5, 5.41) is 8.84. The highest BCUT2D eigenvalue weighted by atomic mass is 16.5. The molecule has 1 aromatic rings. The van der Waals surface area contributed by atoms with Crippen molar-refractivity contribution in [2.75, 3.05) is 18.1 Å². The number of para-hydroxylation sites is 2. The number of rotatable bonds is 8. The minimum absolute atomic E-state index is 0.125. The Kier molecular flexibility index (Phi) is 6.19. The van der Waals surface area contributed by atoms with E-state index in [0.717, 1.165) is 17.9 Å². The second-order valence-corrected chi connectivity index (χ2v) is 4.75. The maximum atomic E-state index is 10.8. The molecular formula is C15H23NO3. The summed E-state index contributed by atoms with van der Waals surface area (Å²) in [5.74, 6) is 0.0426. The van der Waals surface area contributed by atoms with Crippen LogP contribution in [0.25, 0.3) is 0 Å². The molecule has 0 aromatic heterocycles. The van der Waals surface area contributed by atoms with Crippen LogP contribution < -0.4 is 9.64 Å². The van der Waals surface area contributed by atoms with E-state index in [1.54, 1.807) is 0 Å². The molecule has 0 heterocycles. The third-order valence-corrected chi connectivity index (χ3v) is 2.83. The minimum Gasteiger partial charge on any atom is -0.491 e. The Balaban J connectivity index is 2.91.